The first-order chi connectivity index (χ1) is 45.2. The van der Waals surface area contributed by atoms with Crippen LogP contribution >= 0.6 is 15.6 Å². The molecule has 19 heteroatoms. The van der Waals surface area contributed by atoms with Crippen LogP contribution in [0.3, 0.4) is 0 Å². The Morgan fingerprint density at radius 3 is 0.723 bits per heavy atom. The predicted molar refractivity (Wildman–Crippen MR) is 381 cm³/mol. The highest BCUT2D eigenvalue weighted by Gasteiger charge is 2.30. The van der Waals surface area contributed by atoms with Gasteiger partial charge >= 0.3 is 39.5 Å². The van der Waals surface area contributed by atoms with Gasteiger partial charge in [0.1, 0.15) is 19.3 Å². The molecule has 0 aromatic rings. The summed E-state index contributed by atoms with van der Waals surface area (Å²) in [5.74, 6) is 0.155. The molecule has 558 valence electrons. The zero-order valence-corrected chi connectivity index (χ0v) is 63.2. The van der Waals surface area contributed by atoms with Gasteiger partial charge in [-0.1, -0.05) is 331 Å². The molecule has 0 fully saturated rings. The van der Waals surface area contributed by atoms with E-state index in [1.54, 1.807) is 0 Å². The van der Waals surface area contributed by atoms with E-state index < -0.39 is 97.5 Å². The first kappa shape index (κ1) is 92.1. The van der Waals surface area contributed by atoms with E-state index in [1.165, 1.54) is 186 Å². The average molecular weight is 1380 g/mol. The molecule has 0 aliphatic carbocycles. The zero-order valence-electron chi connectivity index (χ0n) is 61.4. The fourth-order valence-electron chi connectivity index (χ4n) is 11.4. The van der Waals surface area contributed by atoms with Crippen molar-refractivity contribution in [1.82, 2.24) is 0 Å². The van der Waals surface area contributed by atoms with Crippen molar-refractivity contribution in [3.8, 4) is 0 Å². The molecule has 2 unspecified atom stereocenters. The van der Waals surface area contributed by atoms with Gasteiger partial charge in [-0.2, -0.15) is 0 Å². The molecular formula is C75H146O17P2. The Hall–Kier alpha value is -1.94. The molecule has 0 saturated carbocycles. The van der Waals surface area contributed by atoms with Gasteiger partial charge in [0.15, 0.2) is 12.2 Å². The molecule has 0 rings (SSSR count). The number of carbonyl (C=O) groups is 4. The number of hydrogen-bond donors (Lipinski definition) is 3. The van der Waals surface area contributed by atoms with Crippen LogP contribution in [0.1, 0.15) is 382 Å². The van der Waals surface area contributed by atoms with Crippen LogP contribution in [0.25, 0.3) is 0 Å². The van der Waals surface area contributed by atoms with Gasteiger partial charge in [-0.15, -0.1) is 0 Å². The van der Waals surface area contributed by atoms with Crippen LogP contribution in [0.4, 0.5) is 0 Å². The van der Waals surface area contributed by atoms with Crippen LogP contribution in [0.2, 0.25) is 0 Å². The third kappa shape index (κ3) is 68.6. The smallest absolute Gasteiger partial charge is 0.462 e. The average Bonchev–Trinajstić information content (AvgIpc) is 1.22. The molecule has 0 spiro atoms. The van der Waals surface area contributed by atoms with Gasteiger partial charge in [-0.25, -0.2) is 9.13 Å². The third-order valence-electron chi connectivity index (χ3n) is 17.4. The van der Waals surface area contributed by atoms with Gasteiger partial charge in [0.25, 0.3) is 0 Å². The van der Waals surface area contributed by atoms with Crippen molar-refractivity contribution in [2.75, 3.05) is 39.6 Å². The van der Waals surface area contributed by atoms with E-state index in [4.69, 9.17) is 37.0 Å². The maximum Gasteiger partial charge on any atom is 0.472 e. The topological polar surface area (TPSA) is 237 Å². The molecule has 0 aromatic carbocycles. The number of carbonyl (C=O) groups excluding carboxylic acids is 4. The lowest BCUT2D eigenvalue weighted by molar-refractivity contribution is -0.161. The van der Waals surface area contributed by atoms with E-state index in [2.05, 4.69) is 48.5 Å². The summed E-state index contributed by atoms with van der Waals surface area (Å²) in [5, 5.41) is 10.6. The van der Waals surface area contributed by atoms with E-state index in [-0.39, 0.29) is 25.7 Å². The second-order valence-corrected chi connectivity index (χ2v) is 31.4. The molecule has 0 amide bonds. The van der Waals surface area contributed by atoms with Crippen LogP contribution in [0.5, 0.6) is 0 Å². The van der Waals surface area contributed by atoms with E-state index >= 15 is 0 Å². The largest absolute Gasteiger partial charge is 0.472 e. The Kier molecular flexibility index (Phi) is 64.3. The molecular weight excluding hydrogens is 1230 g/mol. The molecule has 0 aliphatic rings. The van der Waals surface area contributed by atoms with Crippen molar-refractivity contribution in [3.63, 3.8) is 0 Å². The molecule has 5 atom stereocenters. The number of aliphatic hydroxyl groups is 1. The van der Waals surface area contributed by atoms with Gasteiger partial charge in [-0.05, 0) is 43.4 Å². The van der Waals surface area contributed by atoms with Gasteiger partial charge in [0, 0.05) is 25.7 Å². The van der Waals surface area contributed by atoms with E-state index in [9.17, 15) is 43.2 Å². The monoisotopic (exact) mass is 1380 g/mol. The summed E-state index contributed by atoms with van der Waals surface area (Å²) in [5.41, 5.74) is 0. The number of aliphatic hydroxyl groups excluding tert-OH is 1. The van der Waals surface area contributed by atoms with Crippen LogP contribution in [0, 0.1) is 17.8 Å². The lowest BCUT2D eigenvalue weighted by atomic mass is 10.0. The molecule has 0 saturated heterocycles. The van der Waals surface area contributed by atoms with Gasteiger partial charge in [-0.3, -0.25) is 37.3 Å². The quantitative estimate of drug-likeness (QED) is 0.0222. The summed E-state index contributed by atoms with van der Waals surface area (Å²) in [6.45, 7) is 11.9. The van der Waals surface area contributed by atoms with Gasteiger partial charge in [0.05, 0.1) is 26.4 Å². The fraction of sp³-hybridized carbons (Fsp3) is 0.947. The lowest BCUT2D eigenvalue weighted by Gasteiger charge is -2.21. The number of esters is 4. The first-order valence-electron chi connectivity index (χ1n) is 38.8. The van der Waals surface area contributed by atoms with Crippen molar-refractivity contribution < 1.29 is 80.2 Å². The SMILES string of the molecule is CCCCCCCCCCCCCCCC(=O)O[C@H](COC(=O)CCCCCCCCCC(C)C)COP(=O)(O)OC[C@H](O)COP(=O)(O)OC[C@@H](COC(=O)CCCCCCCCCCCCCCC(C)C)OC(=O)CCCCCCCCCCCCCCCC(C)C. The Morgan fingerprint density at radius 1 is 0.287 bits per heavy atom. The number of ether oxygens (including phenoxy) is 4. The van der Waals surface area contributed by atoms with Crippen LogP contribution in [-0.4, -0.2) is 96.7 Å². The van der Waals surface area contributed by atoms with Gasteiger partial charge < -0.3 is 33.8 Å². The highest BCUT2D eigenvalue weighted by Crippen LogP contribution is 2.45. The minimum Gasteiger partial charge on any atom is -0.462 e. The highest BCUT2D eigenvalue weighted by molar-refractivity contribution is 7.47. The van der Waals surface area contributed by atoms with Crippen molar-refractivity contribution in [2.24, 2.45) is 17.8 Å². The normalized spacial score (nSPS) is 14.1. The van der Waals surface area contributed by atoms with E-state index in [1.807, 2.05) is 0 Å². The third-order valence-corrected chi connectivity index (χ3v) is 19.3. The van der Waals surface area contributed by atoms with Crippen molar-refractivity contribution in [2.45, 2.75) is 401 Å². The molecule has 0 aromatic heterocycles. The molecule has 17 nitrogen and oxygen atoms in total. The first-order valence-corrected chi connectivity index (χ1v) is 41.8. The van der Waals surface area contributed by atoms with Crippen molar-refractivity contribution in [3.05, 3.63) is 0 Å². The number of phosphoric acid groups is 2. The van der Waals surface area contributed by atoms with Crippen LogP contribution in [0.15, 0.2) is 0 Å². The summed E-state index contributed by atoms with van der Waals surface area (Å²) in [7, 11) is -9.91. The molecule has 0 bridgehead atoms. The van der Waals surface area contributed by atoms with Crippen molar-refractivity contribution >= 4 is 39.5 Å². The minimum absolute atomic E-state index is 0.107. The molecule has 0 heterocycles. The Labute approximate surface area is 575 Å². The summed E-state index contributed by atoms with van der Waals surface area (Å²) >= 11 is 0. The van der Waals surface area contributed by atoms with Crippen LogP contribution < -0.4 is 0 Å². The van der Waals surface area contributed by atoms with Gasteiger partial charge in [0.2, 0.25) is 0 Å². The number of hydrogen-bond acceptors (Lipinski definition) is 15. The minimum atomic E-state index is -4.96. The number of phosphoric ester groups is 2. The highest BCUT2D eigenvalue weighted by atomic mass is 31.2. The summed E-state index contributed by atoms with van der Waals surface area (Å²) < 4.78 is 68.5. The second kappa shape index (κ2) is 65.7. The number of unbranched alkanes of at least 4 members (excludes halogenated alkanes) is 41. The maximum atomic E-state index is 13.1. The molecule has 0 aliphatic heterocycles. The maximum absolute atomic E-state index is 13.1. The molecule has 3 N–H and O–H groups in total. The van der Waals surface area contributed by atoms with E-state index in [0.717, 1.165) is 108 Å². The Bertz CT molecular complexity index is 1840. The summed E-state index contributed by atoms with van der Waals surface area (Å²) in [6.07, 6.45) is 51.3. The summed E-state index contributed by atoms with van der Waals surface area (Å²) in [6, 6.07) is 0. The molecule has 94 heavy (non-hydrogen) atoms. The standard InChI is InChI=1S/C75H146O17P2/c1-8-9-10-11-12-13-14-16-24-29-36-44-51-58-74(79)92-71(63-86-73(78)57-50-43-38-31-34-41-48-55-68(6)7)65-90-94(83,84)88-61-69(76)60-87-93(81,82)89-64-70(62-85-72(77)56-49-42-35-28-23-20-19-22-27-33-40-47-54-67(4)5)91-75(80)59-52-45-37-30-25-18-15-17-21-26-32-39-46-53-66(2)3/h66-71,76H,8-65H2,1-7H3,(H,81,82)(H,83,84)/t69-,70-,71-/m1/s1. The van der Waals surface area contributed by atoms with Crippen molar-refractivity contribution in [1.29, 1.82) is 0 Å². The Balaban J connectivity index is 5.25. The predicted octanol–water partition coefficient (Wildman–Crippen LogP) is 21.8. The number of rotatable bonds is 73. The Morgan fingerprint density at radius 2 is 0.489 bits per heavy atom. The summed E-state index contributed by atoms with van der Waals surface area (Å²) in [4.78, 5) is 72.8. The van der Waals surface area contributed by atoms with E-state index in [0.29, 0.717) is 31.6 Å². The fourth-order valence-corrected chi connectivity index (χ4v) is 13.0. The lowest BCUT2D eigenvalue weighted by Crippen LogP contribution is -2.30. The second-order valence-electron chi connectivity index (χ2n) is 28.5. The van der Waals surface area contributed by atoms with Crippen LogP contribution in [-0.2, 0) is 65.4 Å². The zero-order chi connectivity index (χ0) is 69.4. The molecule has 0 radical (unpaired) electrons.